The van der Waals surface area contributed by atoms with Gasteiger partial charge in [0.25, 0.3) is 0 Å². The smallest absolute Gasteiger partial charge is 0.416 e. The predicted molar refractivity (Wildman–Crippen MR) is 91.9 cm³/mol. The standard InChI is InChI=1S/C18H17F3N4O2/c1-11-7-8-16(12(2)9-11)27-10-13-14(18(19,20)21)5-4-6-15(13)25-17(26)24(3)22-23-25/h4-9H,10H2,1-3H3. The van der Waals surface area contributed by atoms with Gasteiger partial charge >= 0.3 is 11.9 Å². The summed E-state index contributed by atoms with van der Waals surface area (Å²) in [6, 6.07) is 8.94. The van der Waals surface area contributed by atoms with Crippen molar-refractivity contribution in [1.82, 2.24) is 19.8 Å². The van der Waals surface area contributed by atoms with Crippen LogP contribution in [-0.2, 0) is 19.8 Å². The zero-order chi connectivity index (χ0) is 19.8. The Hall–Kier alpha value is -3.10. The molecule has 0 fully saturated rings. The summed E-state index contributed by atoms with van der Waals surface area (Å²) in [7, 11) is 1.37. The maximum Gasteiger partial charge on any atom is 0.416 e. The molecule has 0 unspecified atom stereocenters. The molecule has 1 heterocycles. The van der Waals surface area contributed by atoms with Gasteiger partial charge in [0.1, 0.15) is 12.4 Å². The van der Waals surface area contributed by atoms with Crippen molar-refractivity contribution < 1.29 is 17.9 Å². The second kappa shape index (κ2) is 6.90. The largest absolute Gasteiger partial charge is 0.489 e. The molecule has 0 radical (unpaired) electrons. The minimum Gasteiger partial charge on any atom is -0.489 e. The lowest BCUT2D eigenvalue weighted by Crippen LogP contribution is -2.24. The molecule has 0 aliphatic carbocycles. The fraction of sp³-hybridized carbons (Fsp3) is 0.278. The van der Waals surface area contributed by atoms with Gasteiger partial charge in [0.2, 0.25) is 0 Å². The molecular weight excluding hydrogens is 361 g/mol. The van der Waals surface area contributed by atoms with E-state index >= 15 is 0 Å². The van der Waals surface area contributed by atoms with Crippen LogP contribution in [0.1, 0.15) is 22.3 Å². The fourth-order valence-corrected chi connectivity index (χ4v) is 2.77. The summed E-state index contributed by atoms with van der Waals surface area (Å²) in [6.45, 7) is 3.35. The maximum absolute atomic E-state index is 13.5. The van der Waals surface area contributed by atoms with Gasteiger partial charge in [-0.05, 0) is 48.0 Å². The Morgan fingerprint density at radius 2 is 1.85 bits per heavy atom. The van der Waals surface area contributed by atoms with E-state index in [1.807, 2.05) is 26.0 Å². The van der Waals surface area contributed by atoms with Crippen molar-refractivity contribution in [3.63, 3.8) is 0 Å². The average Bonchev–Trinajstić information content (AvgIpc) is 2.92. The van der Waals surface area contributed by atoms with Crippen LogP contribution in [0.15, 0.2) is 41.2 Å². The Morgan fingerprint density at radius 1 is 1.11 bits per heavy atom. The van der Waals surface area contributed by atoms with Crippen molar-refractivity contribution in [3.05, 3.63) is 69.1 Å². The van der Waals surface area contributed by atoms with Crippen molar-refractivity contribution in [2.24, 2.45) is 7.05 Å². The summed E-state index contributed by atoms with van der Waals surface area (Å²) in [5, 5.41) is 7.21. The van der Waals surface area contributed by atoms with Crippen LogP contribution in [0.3, 0.4) is 0 Å². The van der Waals surface area contributed by atoms with Crippen LogP contribution >= 0.6 is 0 Å². The van der Waals surface area contributed by atoms with E-state index in [1.54, 1.807) is 6.07 Å². The summed E-state index contributed by atoms with van der Waals surface area (Å²) in [5.74, 6) is 0.468. The number of alkyl halides is 3. The Bertz CT molecular complexity index is 1040. The zero-order valence-corrected chi connectivity index (χ0v) is 14.9. The lowest BCUT2D eigenvalue weighted by molar-refractivity contribution is -0.138. The predicted octanol–water partition coefficient (Wildman–Crippen LogP) is 3.18. The second-order valence-corrected chi connectivity index (χ2v) is 6.16. The molecule has 0 amide bonds. The first-order valence-corrected chi connectivity index (χ1v) is 8.07. The number of aromatic nitrogens is 4. The van der Waals surface area contributed by atoms with E-state index in [1.165, 1.54) is 19.2 Å². The van der Waals surface area contributed by atoms with Gasteiger partial charge in [0, 0.05) is 12.6 Å². The monoisotopic (exact) mass is 378 g/mol. The van der Waals surface area contributed by atoms with Crippen LogP contribution in [0.2, 0.25) is 0 Å². The number of aryl methyl sites for hydroxylation is 3. The molecular formula is C18H17F3N4O2. The molecule has 2 aromatic carbocycles. The number of tetrazole rings is 1. The summed E-state index contributed by atoms with van der Waals surface area (Å²) in [6.07, 6.45) is -4.61. The number of halogens is 3. The van der Waals surface area contributed by atoms with Gasteiger partial charge < -0.3 is 4.74 Å². The number of nitrogens with zero attached hydrogens (tertiary/aromatic N) is 4. The minimum atomic E-state index is -4.61. The van der Waals surface area contributed by atoms with Gasteiger partial charge in [-0.25, -0.2) is 4.79 Å². The number of rotatable bonds is 4. The van der Waals surface area contributed by atoms with E-state index in [0.717, 1.165) is 26.6 Å². The number of benzene rings is 2. The molecule has 1 aromatic heterocycles. The van der Waals surface area contributed by atoms with Crippen LogP contribution in [0, 0.1) is 13.8 Å². The molecule has 0 bridgehead atoms. The van der Waals surface area contributed by atoms with Gasteiger partial charge in [0.05, 0.1) is 11.3 Å². The Kier molecular flexibility index (Phi) is 4.77. The highest BCUT2D eigenvalue weighted by Gasteiger charge is 2.35. The molecule has 9 heteroatoms. The van der Waals surface area contributed by atoms with E-state index < -0.39 is 17.4 Å². The number of ether oxygens (including phenoxy) is 1. The maximum atomic E-state index is 13.5. The molecule has 142 valence electrons. The van der Waals surface area contributed by atoms with Crippen molar-refractivity contribution in [2.75, 3.05) is 0 Å². The average molecular weight is 378 g/mol. The molecule has 0 atom stereocenters. The SMILES string of the molecule is Cc1ccc(OCc2c(-n3nnn(C)c3=O)cccc2C(F)(F)F)c(C)c1. The Morgan fingerprint density at radius 3 is 2.44 bits per heavy atom. The Balaban J connectivity index is 2.08. The second-order valence-electron chi connectivity index (χ2n) is 6.16. The topological polar surface area (TPSA) is 61.9 Å². The molecule has 0 saturated heterocycles. The first kappa shape index (κ1) is 18.7. The summed E-state index contributed by atoms with van der Waals surface area (Å²) in [4.78, 5) is 12.1. The van der Waals surface area contributed by atoms with Gasteiger partial charge in [-0.2, -0.15) is 22.5 Å². The highest BCUT2D eigenvalue weighted by Crippen LogP contribution is 2.35. The summed E-state index contributed by atoms with van der Waals surface area (Å²) < 4.78 is 48.0. The van der Waals surface area contributed by atoms with Gasteiger partial charge in [-0.3, -0.25) is 0 Å². The van der Waals surface area contributed by atoms with Crippen molar-refractivity contribution in [3.8, 4) is 11.4 Å². The van der Waals surface area contributed by atoms with Crippen LogP contribution in [0.5, 0.6) is 5.75 Å². The summed E-state index contributed by atoms with van der Waals surface area (Å²) in [5.41, 5.74) is 0.0738. The lowest BCUT2D eigenvalue weighted by atomic mass is 10.1. The highest BCUT2D eigenvalue weighted by molar-refractivity contribution is 5.47. The highest BCUT2D eigenvalue weighted by atomic mass is 19.4. The van der Waals surface area contributed by atoms with E-state index in [2.05, 4.69) is 10.4 Å². The first-order chi connectivity index (χ1) is 12.7. The van der Waals surface area contributed by atoms with E-state index in [4.69, 9.17) is 4.74 Å². The normalized spacial score (nSPS) is 11.6. The molecule has 0 saturated carbocycles. The molecule has 3 aromatic rings. The van der Waals surface area contributed by atoms with E-state index in [-0.39, 0.29) is 17.9 Å². The molecule has 0 spiro atoms. The van der Waals surface area contributed by atoms with Gasteiger partial charge in [-0.1, -0.05) is 23.8 Å². The minimum absolute atomic E-state index is 0.0207. The third-order valence-electron chi connectivity index (χ3n) is 4.11. The van der Waals surface area contributed by atoms with E-state index in [0.29, 0.717) is 5.75 Å². The summed E-state index contributed by atoms with van der Waals surface area (Å²) >= 11 is 0. The third kappa shape index (κ3) is 3.71. The third-order valence-corrected chi connectivity index (χ3v) is 4.11. The zero-order valence-electron chi connectivity index (χ0n) is 14.9. The van der Waals surface area contributed by atoms with Crippen LogP contribution in [0.25, 0.3) is 5.69 Å². The first-order valence-electron chi connectivity index (χ1n) is 8.07. The fourth-order valence-electron chi connectivity index (χ4n) is 2.77. The van der Waals surface area contributed by atoms with Crippen molar-refractivity contribution in [2.45, 2.75) is 26.6 Å². The molecule has 6 nitrogen and oxygen atoms in total. The number of hydrogen-bond donors (Lipinski definition) is 0. The van der Waals surface area contributed by atoms with Crippen LogP contribution in [-0.4, -0.2) is 19.8 Å². The molecule has 0 aliphatic rings. The molecule has 0 aliphatic heterocycles. The quantitative estimate of drug-likeness (QED) is 0.700. The lowest BCUT2D eigenvalue weighted by Gasteiger charge is -2.17. The van der Waals surface area contributed by atoms with Gasteiger partial charge in [-0.15, -0.1) is 0 Å². The number of hydrogen-bond acceptors (Lipinski definition) is 4. The van der Waals surface area contributed by atoms with E-state index in [9.17, 15) is 18.0 Å². The Labute approximate surface area is 152 Å². The molecule has 0 N–H and O–H groups in total. The van der Waals surface area contributed by atoms with Crippen LogP contribution < -0.4 is 10.4 Å². The van der Waals surface area contributed by atoms with Crippen molar-refractivity contribution in [1.29, 1.82) is 0 Å². The van der Waals surface area contributed by atoms with Gasteiger partial charge in [0.15, 0.2) is 0 Å². The molecule has 3 rings (SSSR count). The molecule has 27 heavy (non-hydrogen) atoms. The van der Waals surface area contributed by atoms with Crippen LogP contribution in [0.4, 0.5) is 13.2 Å². The van der Waals surface area contributed by atoms with Crippen molar-refractivity contribution >= 4 is 0 Å².